The highest BCUT2D eigenvalue weighted by Gasteiger charge is 2.29. The van der Waals surface area contributed by atoms with Gasteiger partial charge in [-0.25, -0.2) is 0 Å². The quantitative estimate of drug-likeness (QED) is 0.585. The molecule has 0 saturated heterocycles. The summed E-state index contributed by atoms with van der Waals surface area (Å²) in [5.41, 5.74) is 3.30. The van der Waals surface area contributed by atoms with Gasteiger partial charge in [0.05, 0.1) is 0 Å². The molecule has 0 fully saturated rings. The van der Waals surface area contributed by atoms with Crippen LogP contribution in [-0.2, 0) is 0 Å². The number of likely N-dealkylation sites (N-methyl/N-ethyl adjacent to an activating group) is 1. The van der Waals surface area contributed by atoms with Gasteiger partial charge in [-0.2, -0.15) is 0 Å². The molecule has 2 nitrogen and oxygen atoms in total. The molecule has 0 radical (unpaired) electrons. The molecule has 0 amide bonds. The van der Waals surface area contributed by atoms with Gasteiger partial charge in [-0.05, 0) is 25.1 Å². The van der Waals surface area contributed by atoms with Crippen LogP contribution in [0.4, 0.5) is 0 Å². The van der Waals surface area contributed by atoms with Gasteiger partial charge in [-0.1, -0.05) is 6.08 Å². The van der Waals surface area contributed by atoms with E-state index in [1.54, 1.807) is 11.1 Å². The second-order valence-electron chi connectivity index (χ2n) is 4.26. The van der Waals surface area contributed by atoms with Gasteiger partial charge in [0.1, 0.15) is 0 Å². The van der Waals surface area contributed by atoms with E-state index in [1.807, 2.05) is 6.08 Å². The fourth-order valence-corrected chi connectivity index (χ4v) is 2.24. The minimum absolute atomic E-state index is 0.524. The van der Waals surface area contributed by atoms with Crippen molar-refractivity contribution in [2.75, 3.05) is 33.2 Å². The topological polar surface area (TPSA) is 6.48 Å². The maximum absolute atomic E-state index is 3.84. The van der Waals surface area contributed by atoms with Crippen molar-refractivity contribution >= 4 is 0 Å². The van der Waals surface area contributed by atoms with Crippen molar-refractivity contribution in [2.24, 2.45) is 0 Å². The van der Waals surface area contributed by atoms with E-state index < -0.39 is 0 Å². The van der Waals surface area contributed by atoms with Gasteiger partial charge in [0, 0.05) is 32.2 Å². The molecule has 2 heterocycles. The molecule has 1 atom stereocenters. The highest BCUT2D eigenvalue weighted by molar-refractivity contribution is 5.30. The molecule has 0 aromatic rings. The summed E-state index contributed by atoms with van der Waals surface area (Å²) in [5, 5.41) is 0. The van der Waals surface area contributed by atoms with E-state index in [4.69, 9.17) is 0 Å². The van der Waals surface area contributed by atoms with Crippen molar-refractivity contribution in [3.8, 4) is 0 Å². The average Bonchev–Trinajstić information content (AvgIpc) is 2.59. The molecule has 13 heavy (non-hydrogen) atoms. The maximum atomic E-state index is 3.84. The summed E-state index contributed by atoms with van der Waals surface area (Å²) in [5.74, 6) is 0. The predicted octanol–water partition coefficient (Wildman–Crippen LogP) is 1.12. The lowest BCUT2D eigenvalue weighted by Crippen LogP contribution is -2.33. The van der Waals surface area contributed by atoms with E-state index >= 15 is 0 Å². The van der Waals surface area contributed by atoms with E-state index in [1.165, 1.54) is 13.1 Å². The first-order valence-corrected chi connectivity index (χ1v) is 4.95. The second-order valence-corrected chi connectivity index (χ2v) is 4.26. The summed E-state index contributed by atoms with van der Waals surface area (Å²) in [6.07, 6.45) is 2.03. The van der Waals surface area contributed by atoms with Crippen molar-refractivity contribution in [1.82, 2.24) is 9.80 Å². The Labute approximate surface area is 80.5 Å². The molecule has 2 aliphatic heterocycles. The lowest BCUT2D eigenvalue weighted by atomic mass is 10.2. The normalized spacial score (nSPS) is 26.6. The van der Waals surface area contributed by atoms with E-state index in [9.17, 15) is 0 Å². The van der Waals surface area contributed by atoms with Gasteiger partial charge in [0.25, 0.3) is 0 Å². The second kappa shape index (κ2) is 3.28. The zero-order valence-electron chi connectivity index (χ0n) is 8.58. The fraction of sp³-hybridized carbons (Fsp3) is 0.636. The number of hydrogen-bond donors (Lipinski definition) is 0. The molecular formula is C11H18N2. The van der Waals surface area contributed by atoms with E-state index in [2.05, 4.69) is 30.4 Å². The molecule has 2 rings (SSSR count). The Morgan fingerprint density at radius 3 is 2.23 bits per heavy atom. The summed E-state index contributed by atoms with van der Waals surface area (Å²) in [6, 6.07) is 0.524. The van der Waals surface area contributed by atoms with E-state index in [0.717, 1.165) is 13.1 Å². The molecule has 72 valence electrons. The number of rotatable bonds is 2. The molecular weight excluding hydrogens is 160 g/mol. The number of nitrogens with zero attached hydrogens (tertiary/aromatic N) is 2. The summed E-state index contributed by atoms with van der Waals surface area (Å²) in [4.78, 5) is 4.88. The lowest BCUT2D eigenvalue weighted by Gasteiger charge is -2.24. The van der Waals surface area contributed by atoms with Crippen molar-refractivity contribution in [1.29, 1.82) is 0 Å². The van der Waals surface area contributed by atoms with Crippen LogP contribution in [0.3, 0.4) is 0 Å². The molecule has 0 aromatic carbocycles. The van der Waals surface area contributed by atoms with Crippen LogP contribution < -0.4 is 0 Å². The highest BCUT2D eigenvalue weighted by atomic mass is 15.2. The van der Waals surface area contributed by atoms with Crippen LogP contribution in [-0.4, -0.2) is 49.1 Å². The van der Waals surface area contributed by atoms with Crippen molar-refractivity contribution in [3.05, 3.63) is 23.8 Å². The van der Waals surface area contributed by atoms with Crippen molar-refractivity contribution < 1.29 is 0 Å². The maximum Gasteiger partial charge on any atom is 0.0254 e. The third kappa shape index (κ3) is 1.56. The summed E-state index contributed by atoms with van der Waals surface area (Å²) in [6.45, 7) is 10.7. The van der Waals surface area contributed by atoms with Crippen LogP contribution >= 0.6 is 0 Å². The van der Waals surface area contributed by atoms with Crippen molar-refractivity contribution in [3.63, 3.8) is 0 Å². The molecule has 2 heteroatoms. The zero-order valence-corrected chi connectivity index (χ0v) is 8.58. The van der Waals surface area contributed by atoms with Gasteiger partial charge in [-0.15, -0.1) is 6.58 Å². The Bertz CT molecular complexity index is 237. The largest absolute Gasteiger partial charge is 0.298 e. The molecule has 2 aliphatic rings. The third-order valence-electron chi connectivity index (χ3n) is 3.13. The third-order valence-corrected chi connectivity index (χ3v) is 3.13. The first-order valence-electron chi connectivity index (χ1n) is 4.95. The Balaban J connectivity index is 1.98. The van der Waals surface area contributed by atoms with E-state index in [-0.39, 0.29) is 0 Å². The van der Waals surface area contributed by atoms with Crippen molar-refractivity contribution in [2.45, 2.75) is 13.0 Å². The Kier molecular flexibility index (Phi) is 2.26. The first kappa shape index (κ1) is 8.97. The van der Waals surface area contributed by atoms with Gasteiger partial charge in [0.15, 0.2) is 0 Å². The van der Waals surface area contributed by atoms with Crippen LogP contribution in [0, 0.1) is 0 Å². The van der Waals surface area contributed by atoms with Crippen LogP contribution in [0.15, 0.2) is 23.8 Å². The van der Waals surface area contributed by atoms with Gasteiger partial charge >= 0.3 is 0 Å². The standard InChI is InChI=1S/C11H18N2/c1-4-9(2)13-7-10-5-12(3)6-11(10)8-13/h4,9H,1,5-8H2,2-3H3. The fourth-order valence-electron chi connectivity index (χ4n) is 2.24. The van der Waals surface area contributed by atoms with E-state index in [0.29, 0.717) is 6.04 Å². The van der Waals surface area contributed by atoms with Gasteiger partial charge in [0.2, 0.25) is 0 Å². The minimum atomic E-state index is 0.524. The Hall–Kier alpha value is -0.600. The predicted molar refractivity (Wildman–Crippen MR) is 55.8 cm³/mol. The summed E-state index contributed by atoms with van der Waals surface area (Å²) in [7, 11) is 2.19. The van der Waals surface area contributed by atoms with Gasteiger partial charge < -0.3 is 0 Å². The Morgan fingerprint density at radius 2 is 1.77 bits per heavy atom. The molecule has 0 bridgehead atoms. The average molecular weight is 178 g/mol. The number of hydrogen-bond acceptors (Lipinski definition) is 2. The van der Waals surface area contributed by atoms with Crippen LogP contribution in [0.25, 0.3) is 0 Å². The summed E-state index contributed by atoms with van der Waals surface area (Å²) < 4.78 is 0. The zero-order chi connectivity index (χ0) is 9.42. The lowest BCUT2D eigenvalue weighted by molar-refractivity contribution is 0.283. The monoisotopic (exact) mass is 178 g/mol. The molecule has 0 N–H and O–H groups in total. The van der Waals surface area contributed by atoms with Gasteiger partial charge in [-0.3, -0.25) is 9.80 Å². The first-order chi connectivity index (χ1) is 6.20. The molecule has 0 saturated carbocycles. The highest BCUT2D eigenvalue weighted by Crippen LogP contribution is 2.25. The summed E-state index contributed by atoms with van der Waals surface area (Å²) >= 11 is 0. The molecule has 0 spiro atoms. The smallest absolute Gasteiger partial charge is 0.0254 e. The SMILES string of the molecule is C=CC(C)N1CC2=C(CN(C)C2)C1. The van der Waals surface area contributed by atoms with Crippen LogP contribution in [0.2, 0.25) is 0 Å². The molecule has 1 unspecified atom stereocenters. The molecule has 0 aliphatic carbocycles. The molecule has 0 aromatic heterocycles. The van der Waals surface area contributed by atoms with Crippen LogP contribution in [0.5, 0.6) is 0 Å². The Morgan fingerprint density at radius 1 is 1.23 bits per heavy atom. The minimum Gasteiger partial charge on any atom is -0.298 e. The van der Waals surface area contributed by atoms with Crippen LogP contribution in [0.1, 0.15) is 6.92 Å².